The summed E-state index contributed by atoms with van der Waals surface area (Å²) in [6.45, 7) is 1.40. The van der Waals surface area contributed by atoms with E-state index in [1.807, 2.05) is 24.3 Å². The fraction of sp³-hybridized carbons (Fsp3) is 0.294. The molecule has 1 N–H and O–H groups in total. The van der Waals surface area contributed by atoms with Crippen LogP contribution in [0.15, 0.2) is 52.0 Å². The molecule has 2 heterocycles. The van der Waals surface area contributed by atoms with Gasteiger partial charge in [-0.3, -0.25) is 0 Å². The molecule has 1 aliphatic rings. The van der Waals surface area contributed by atoms with Gasteiger partial charge < -0.3 is 10.1 Å². The topological polar surface area (TPSA) is 97.6 Å². The van der Waals surface area contributed by atoms with Gasteiger partial charge in [-0.2, -0.15) is 4.31 Å². The molecule has 0 radical (unpaired) electrons. The monoisotopic (exact) mass is 374 g/mol. The Morgan fingerprint density at radius 3 is 2.88 bits per heavy atom. The minimum absolute atomic E-state index is 0.0954. The van der Waals surface area contributed by atoms with Crippen LogP contribution in [0.4, 0.5) is 0 Å². The third kappa shape index (κ3) is 2.74. The molecular formula is C17H18N4O4S. The van der Waals surface area contributed by atoms with Crippen molar-refractivity contribution >= 4 is 21.1 Å². The van der Waals surface area contributed by atoms with Crippen molar-refractivity contribution in [2.75, 3.05) is 26.7 Å². The predicted octanol–water partition coefficient (Wildman–Crippen LogP) is 1.57. The van der Waals surface area contributed by atoms with Gasteiger partial charge in [0.2, 0.25) is 10.0 Å². The summed E-state index contributed by atoms with van der Waals surface area (Å²) in [5, 5.41) is 10.8. The average Bonchev–Trinajstić information content (AvgIpc) is 3.16. The zero-order valence-corrected chi connectivity index (χ0v) is 14.9. The Morgan fingerprint density at radius 1 is 1.19 bits per heavy atom. The molecule has 4 rings (SSSR count). The van der Waals surface area contributed by atoms with E-state index >= 15 is 0 Å². The lowest BCUT2D eigenvalue weighted by Crippen LogP contribution is -2.48. The second-order valence-electron chi connectivity index (χ2n) is 5.97. The number of piperazine rings is 1. The van der Waals surface area contributed by atoms with Crippen molar-refractivity contribution in [3.63, 3.8) is 0 Å². The fourth-order valence-electron chi connectivity index (χ4n) is 3.30. The second-order valence-corrected chi connectivity index (χ2v) is 7.82. The Labute approximate surface area is 150 Å². The van der Waals surface area contributed by atoms with E-state index < -0.39 is 10.0 Å². The molecule has 3 aromatic rings. The highest BCUT2D eigenvalue weighted by Crippen LogP contribution is 2.35. The quantitative estimate of drug-likeness (QED) is 0.740. The second kappa shape index (κ2) is 6.67. The van der Waals surface area contributed by atoms with Crippen molar-refractivity contribution in [3.05, 3.63) is 48.0 Å². The molecule has 0 bridgehead atoms. The number of ether oxygens (including phenoxy) is 1. The first-order valence-corrected chi connectivity index (χ1v) is 9.63. The highest BCUT2D eigenvalue weighted by molar-refractivity contribution is 7.89. The van der Waals surface area contributed by atoms with Crippen molar-refractivity contribution < 1.29 is 17.8 Å². The van der Waals surface area contributed by atoms with Gasteiger partial charge in [-0.15, -0.1) is 0 Å². The van der Waals surface area contributed by atoms with Crippen molar-refractivity contribution in [3.8, 4) is 5.75 Å². The zero-order chi connectivity index (χ0) is 18.1. The first-order valence-electron chi connectivity index (χ1n) is 8.19. The largest absolute Gasteiger partial charge is 0.496 e. The van der Waals surface area contributed by atoms with Crippen LogP contribution < -0.4 is 10.1 Å². The van der Waals surface area contributed by atoms with Crippen molar-refractivity contribution in [2.45, 2.75) is 10.9 Å². The Bertz CT molecular complexity index is 1030. The molecule has 136 valence electrons. The summed E-state index contributed by atoms with van der Waals surface area (Å²) >= 11 is 0. The number of fused-ring (bicyclic) bond motifs is 1. The molecular weight excluding hydrogens is 356 g/mol. The number of hydrogen-bond donors (Lipinski definition) is 1. The summed E-state index contributed by atoms with van der Waals surface area (Å²) < 4.78 is 38.5. The lowest BCUT2D eigenvalue weighted by Gasteiger charge is -2.36. The predicted molar refractivity (Wildman–Crippen MR) is 94.3 cm³/mol. The Morgan fingerprint density at radius 2 is 2.04 bits per heavy atom. The van der Waals surface area contributed by atoms with Gasteiger partial charge in [0.05, 0.1) is 13.2 Å². The minimum Gasteiger partial charge on any atom is -0.496 e. The minimum atomic E-state index is -3.81. The molecule has 0 aliphatic carbocycles. The Kier molecular flexibility index (Phi) is 4.35. The molecule has 0 amide bonds. The van der Waals surface area contributed by atoms with Crippen LogP contribution in [0, 0.1) is 0 Å². The van der Waals surface area contributed by atoms with Gasteiger partial charge in [0.1, 0.15) is 16.2 Å². The number of aromatic nitrogens is 2. The Hall–Kier alpha value is -2.49. The number of sulfonamides is 1. The van der Waals surface area contributed by atoms with Crippen molar-refractivity contribution in [1.82, 2.24) is 19.9 Å². The Balaban J connectivity index is 1.82. The van der Waals surface area contributed by atoms with Gasteiger partial charge in [-0.25, -0.2) is 13.0 Å². The summed E-state index contributed by atoms with van der Waals surface area (Å²) in [4.78, 5) is 0.0954. The zero-order valence-electron chi connectivity index (χ0n) is 14.1. The summed E-state index contributed by atoms with van der Waals surface area (Å²) in [6, 6.07) is 11.9. The van der Waals surface area contributed by atoms with E-state index in [4.69, 9.17) is 9.37 Å². The smallest absolute Gasteiger partial charge is 0.246 e. The highest BCUT2D eigenvalue weighted by Gasteiger charge is 2.37. The van der Waals surface area contributed by atoms with Crippen LogP contribution in [0.5, 0.6) is 5.75 Å². The van der Waals surface area contributed by atoms with Gasteiger partial charge in [0.15, 0.2) is 5.52 Å². The number of hydrogen-bond acceptors (Lipinski definition) is 7. The summed E-state index contributed by atoms with van der Waals surface area (Å²) in [7, 11) is -2.23. The van der Waals surface area contributed by atoms with Crippen LogP contribution in [-0.4, -0.2) is 49.8 Å². The number of para-hydroxylation sites is 1. The van der Waals surface area contributed by atoms with Gasteiger partial charge in [0.25, 0.3) is 0 Å². The number of benzene rings is 2. The van der Waals surface area contributed by atoms with Crippen molar-refractivity contribution in [2.24, 2.45) is 0 Å². The SMILES string of the molecule is COc1ccccc1C1CNCCN1S(=O)(=O)c1cccc2nonc12. The summed E-state index contributed by atoms with van der Waals surface area (Å²) in [5.74, 6) is 0.655. The molecule has 8 nitrogen and oxygen atoms in total. The lowest BCUT2D eigenvalue weighted by atomic mass is 10.0. The maximum Gasteiger partial charge on any atom is 0.246 e. The van der Waals surface area contributed by atoms with Crippen LogP contribution in [0.1, 0.15) is 11.6 Å². The van der Waals surface area contributed by atoms with Gasteiger partial charge in [-0.1, -0.05) is 24.3 Å². The molecule has 1 fully saturated rings. The molecule has 1 unspecified atom stereocenters. The van der Waals surface area contributed by atoms with Crippen LogP contribution >= 0.6 is 0 Å². The van der Waals surface area contributed by atoms with Crippen LogP contribution in [-0.2, 0) is 10.0 Å². The van der Waals surface area contributed by atoms with E-state index in [0.717, 1.165) is 5.56 Å². The van der Waals surface area contributed by atoms with Crippen LogP contribution in [0.25, 0.3) is 11.0 Å². The third-order valence-electron chi connectivity index (χ3n) is 4.53. The molecule has 1 aliphatic heterocycles. The average molecular weight is 374 g/mol. The molecule has 26 heavy (non-hydrogen) atoms. The summed E-state index contributed by atoms with van der Waals surface area (Å²) in [5.41, 5.74) is 1.47. The van der Waals surface area contributed by atoms with Gasteiger partial charge in [-0.05, 0) is 28.5 Å². The standard InChI is InChI=1S/C17H18N4O4S/c1-24-15-7-3-2-5-12(15)14-11-18-9-10-21(14)26(22,23)16-8-4-6-13-17(16)20-25-19-13/h2-8,14,18H,9-11H2,1H3. The molecule has 1 aromatic heterocycles. The van der Waals surface area contributed by atoms with E-state index in [-0.39, 0.29) is 16.5 Å². The first-order chi connectivity index (χ1) is 12.6. The number of methoxy groups -OCH3 is 1. The van der Waals surface area contributed by atoms with Gasteiger partial charge in [0, 0.05) is 25.2 Å². The highest BCUT2D eigenvalue weighted by atomic mass is 32.2. The third-order valence-corrected chi connectivity index (χ3v) is 6.47. The fourth-order valence-corrected chi connectivity index (χ4v) is 5.04. The van der Waals surface area contributed by atoms with E-state index in [0.29, 0.717) is 30.9 Å². The van der Waals surface area contributed by atoms with Crippen LogP contribution in [0.3, 0.4) is 0 Å². The van der Waals surface area contributed by atoms with Crippen LogP contribution in [0.2, 0.25) is 0 Å². The van der Waals surface area contributed by atoms with E-state index in [1.165, 1.54) is 10.4 Å². The molecule has 1 atom stereocenters. The normalized spacial score (nSPS) is 18.9. The van der Waals surface area contributed by atoms with E-state index in [9.17, 15) is 8.42 Å². The maximum atomic E-state index is 13.4. The van der Waals surface area contributed by atoms with Crippen molar-refractivity contribution in [1.29, 1.82) is 0 Å². The van der Waals surface area contributed by atoms with E-state index in [2.05, 4.69) is 15.6 Å². The molecule has 1 saturated heterocycles. The molecule has 0 spiro atoms. The molecule has 9 heteroatoms. The first kappa shape index (κ1) is 17.0. The number of nitrogens with one attached hydrogen (secondary N) is 1. The maximum absolute atomic E-state index is 13.4. The lowest BCUT2D eigenvalue weighted by molar-refractivity contribution is 0.264. The molecule has 0 saturated carbocycles. The van der Waals surface area contributed by atoms with Gasteiger partial charge >= 0.3 is 0 Å². The number of nitrogens with zero attached hydrogens (tertiary/aromatic N) is 3. The number of rotatable bonds is 4. The molecule has 2 aromatic carbocycles. The summed E-state index contributed by atoms with van der Waals surface area (Å²) in [6.07, 6.45) is 0. The van der Waals surface area contributed by atoms with E-state index in [1.54, 1.807) is 19.2 Å².